The minimum absolute atomic E-state index is 0.0250. The van der Waals surface area contributed by atoms with Crippen LogP contribution in [0.25, 0.3) is 0 Å². The molecule has 2 aliphatic rings. The number of aliphatic hydroxyl groups excluding tert-OH is 1. The SMILES string of the molecule is C[C@H](Nc1cn[nH]c(=O)c1C(F)(F)F)[Si]COC[C@H](O)C(=O)N1CCN2c3ncc(Cl)cc3OCCC2C1. The van der Waals surface area contributed by atoms with Gasteiger partial charge in [-0.2, -0.15) is 18.3 Å². The van der Waals surface area contributed by atoms with Crippen molar-refractivity contribution in [2.45, 2.75) is 37.3 Å². The molecule has 0 saturated carbocycles. The number of amides is 1. The maximum Gasteiger partial charge on any atom is 0.423 e. The Balaban J connectivity index is 1.24. The van der Waals surface area contributed by atoms with E-state index >= 15 is 0 Å². The highest BCUT2D eigenvalue weighted by Gasteiger charge is 2.38. The van der Waals surface area contributed by atoms with Crippen molar-refractivity contribution in [1.29, 1.82) is 0 Å². The van der Waals surface area contributed by atoms with Gasteiger partial charge in [0.2, 0.25) is 0 Å². The molecule has 2 aliphatic heterocycles. The number of carbonyl (C=O) groups excluding carboxylic acids is 1. The number of carbonyl (C=O) groups is 1. The number of rotatable bonds is 8. The lowest BCUT2D eigenvalue weighted by molar-refractivity contribution is -0.143. The number of hydrogen-bond donors (Lipinski definition) is 3. The van der Waals surface area contributed by atoms with E-state index in [2.05, 4.69) is 20.3 Å². The molecule has 0 aliphatic carbocycles. The number of aromatic nitrogens is 3. The smallest absolute Gasteiger partial charge is 0.423 e. The van der Waals surface area contributed by atoms with Crippen LogP contribution in [0.15, 0.2) is 23.3 Å². The number of aliphatic hydroxyl groups is 1. The molecule has 11 nitrogen and oxygen atoms in total. The number of pyridine rings is 1. The third-order valence-corrected chi connectivity index (χ3v) is 7.47. The third-order valence-electron chi connectivity index (χ3n) is 6.14. The Bertz CT molecular complexity index is 1200. The minimum Gasteiger partial charge on any atom is -0.490 e. The molecule has 3 atom stereocenters. The van der Waals surface area contributed by atoms with Gasteiger partial charge in [-0.05, 0) is 6.92 Å². The van der Waals surface area contributed by atoms with Crippen LogP contribution in [0, 0.1) is 0 Å². The molecule has 206 valence electrons. The lowest BCUT2D eigenvalue weighted by atomic mass is 10.1. The first kappa shape index (κ1) is 28.1. The van der Waals surface area contributed by atoms with Gasteiger partial charge in [0.15, 0.2) is 17.7 Å². The average Bonchev–Trinajstić information content (AvgIpc) is 3.03. The van der Waals surface area contributed by atoms with Crippen LogP contribution in [-0.2, 0) is 15.7 Å². The van der Waals surface area contributed by atoms with E-state index in [0.717, 1.165) is 6.20 Å². The lowest BCUT2D eigenvalue weighted by Crippen LogP contribution is -2.57. The fourth-order valence-electron chi connectivity index (χ4n) is 4.33. The summed E-state index contributed by atoms with van der Waals surface area (Å²) in [6.07, 6.45) is -3.02. The van der Waals surface area contributed by atoms with Gasteiger partial charge in [-0.3, -0.25) is 9.59 Å². The number of halogens is 4. The second-order valence-electron chi connectivity index (χ2n) is 8.83. The maximum absolute atomic E-state index is 13.2. The zero-order valence-electron chi connectivity index (χ0n) is 20.3. The van der Waals surface area contributed by atoms with E-state index < -0.39 is 40.7 Å². The maximum atomic E-state index is 13.2. The molecule has 1 fully saturated rings. The quantitative estimate of drug-likeness (QED) is 0.313. The van der Waals surface area contributed by atoms with Crippen molar-refractivity contribution >= 4 is 38.5 Å². The molecule has 2 radical (unpaired) electrons. The molecule has 0 bridgehead atoms. The summed E-state index contributed by atoms with van der Waals surface area (Å²) >= 11 is 6.03. The predicted molar refractivity (Wildman–Crippen MR) is 133 cm³/mol. The highest BCUT2D eigenvalue weighted by Crippen LogP contribution is 2.34. The Morgan fingerprint density at radius 2 is 2.21 bits per heavy atom. The number of H-pyrrole nitrogens is 1. The highest BCUT2D eigenvalue weighted by atomic mass is 35.5. The Morgan fingerprint density at radius 1 is 1.42 bits per heavy atom. The van der Waals surface area contributed by atoms with Crippen molar-refractivity contribution in [2.75, 3.05) is 49.3 Å². The predicted octanol–water partition coefficient (Wildman–Crippen LogP) is 1.13. The monoisotopic (exact) mass is 574 g/mol. The third kappa shape index (κ3) is 6.57. The van der Waals surface area contributed by atoms with E-state index in [0.29, 0.717) is 49.3 Å². The Kier molecular flexibility index (Phi) is 8.80. The summed E-state index contributed by atoms with van der Waals surface area (Å²) < 4.78 is 50.8. The Morgan fingerprint density at radius 3 is 2.97 bits per heavy atom. The first-order valence-corrected chi connectivity index (χ1v) is 13.4. The molecule has 3 N–H and O–H groups in total. The number of aromatic amines is 1. The standard InChI is InChI=1S/C22H26ClF3N6O5Si/c1-12(29-15-8-28-30-20(34)18(15)22(24,25)26)38-11-36-10-16(33)21(35)31-3-4-32-14(9-31)2-5-37-17-6-13(23)7-27-19(17)32/h6-8,12,14,16,33H,2-5,9-11H2,1H3,(H2,29,30,34)/t12-,14?,16+/m1/s1. The van der Waals surface area contributed by atoms with Gasteiger partial charge in [0, 0.05) is 50.2 Å². The number of alkyl halides is 3. The molecule has 4 heterocycles. The second-order valence-corrected chi connectivity index (χ2v) is 10.8. The number of fused-ring (bicyclic) bond motifs is 3. The molecule has 38 heavy (non-hydrogen) atoms. The molecular weight excluding hydrogens is 549 g/mol. The van der Waals surface area contributed by atoms with Crippen LogP contribution >= 0.6 is 11.6 Å². The normalized spacial score (nSPS) is 19.1. The van der Waals surface area contributed by atoms with Crippen LogP contribution < -0.4 is 20.5 Å². The number of ether oxygens (including phenoxy) is 2. The van der Waals surface area contributed by atoms with Gasteiger partial charge >= 0.3 is 6.18 Å². The van der Waals surface area contributed by atoms with Crippen molar-refractivity contribution < 1.29 is 32.5 Å². The van der Waals surface area contributed by atoms with Gasteiger partial charge in [-0.15, -0.1) is 0 Å². The average molecular weight is 575 g/mol. The van der Waals surface area contributed by atoms with Gasteiger partial charge in [-0.1, -0.05) is 11.6 Å². The summed E-state index contributed by atoms with van der Waals surface area (Å²) in [6.45, 7) is 3.09. The summed E-state index contributed by atoms with van der Waals surface area (Å²) in [7, 11) is -0.0250. The number of hydrogen-bond acceptors (Lipinski definition) is 9. The zero-order chi connectivity index (χ0) is 27.4. The second kappa shape index (κ2) is 11.9. The summed E-state index contributed by atoms with van der Waals surface area (Å²) in [6, 6.07) is 1.68. The van der Waals surface area contributed by atoms with E-state index in [1.807, 2.05) is 0 Å². The molecule has 1 amide bonds. The Labute approximate surface area is 223 Å². The molecule has 1 unspecified atom stereocenters. The van der Waals surface area contributed by atoms with Crippen LogP contribution in [-0.4, -0.2) is 97.5 Å². The molecule has 0 spiro atoms. The number of nitrogens with one attached hydrogen (secondary N) is 2. The number of piperazine rings is 1. The van der Waals surface area contributed by atoms with Crippen LogP contribution in [0.4, 0.5) is 24.7 Å². The van der Waals surface area contributed by atoms with Gasteiger partial charge in [0.1, 0.15) is 15.1 Å². The molecule has 0 aromatic carbocycles. The van der Waals surface area contributed by atoms with Crippen molar-refractivity contribution in [1.82, 2.24) is 20.1 Å². The molecule has 2 aromatic heterocycles. The Hall–Kier alpha value is -2.88. The first-order valence-electron chi connectivity index (χ1n) is 11.8. The fraction of sp³-hybridized carbons (Fsp3) is 0.545. The van der Waals surface area contributed by atoms with Crippen LogP contribution in [0.2, 0.25) is 5.02 Å². The van der Waals surface area contributed by atoms with E-state index in [1.54, 1.807) is 29.2 Å². The van der Waals surface area contributed by atoms with Gasteiger partial charge < -0.3 is 29.7 Å². The van der Waals surface area contributed by atoms with Crippen molar-refractivity contribution in [2.24, 2.45) is 0 Å². The number of anilines is 2. The summed E-state index contributed by atoms with van der Waals surface area (Å²) in [5.41, 5.74) is -3.60. The van der Waals surface area contributed by atoms with Crippen LogP contribution in [0.5, 0.6) is 5.75 Å². The molecule has 16 heteroatoms. The topological polar surface area (TPSA) is 133 Å². The van der Waals surface area contributed by atoms with Crippen LogP contribution in [0.1, 0.15) is 18.9 Å². The van der Waals surface area contributed by atoms with Crippen LogP contribution in [0.3, 0.4) is 0 Å². The fourth-order valence-corrected chi connectivity index (χ4v) is 5.22. The van der Waals surface area contributed by atoms with E-state index in [4.69, 9.17) is 21.1 Å². The highest BCUT2D eigenvalue weighted by molar-refractivity contribution is 6.38. The molecular formula is C22H26ClF3N6O5Si. The summed E-state index contributed by atoms with van der Waals surface area (Å²) in [4.78, 5) is 32.5. The van der Waals surface area contributed by atoms with Gasteiger partial charge in [0.05, 0.1) is 36.2 Å². The lowest BCUT2D eigenvalue weighted by Gasteiger charge is -2.41. The molecule has 2 aromatic rings. The van der Waals surface area contributed by atoms with Crippen molar-refractivity contribution in [3.05, 3.63) is 39.4 Å². The van der Waals surface area contributed by atoms with Gasteiger partial charge in [-0.25, -0.2) is 10.1 Å². The van der Waals surface area contributed by atoms with Crippen molar-refractivity contribution in [3.63, 3.8) is 0 Å². The van der Waals surface area contributed by atoms with E-state index in [-0.39, 0.29) is 28.4 Å². The minimum atomic E-state index is -4.84. The summed E-state index contributed by atoms with van der Waals surface area (Å²) in [5, 5.41) is 18.7. The van der Waals surface area contributed by atoms with E-state index in [1.165, 1.54) is 0 Å². The van der Waals surface area contributed by atoms with E-state index in [9.17, 15) is 27.9 Å². The zero-order valence-corrected chi connectivity index (χ0v) is 22.1. The molecule has 1 saturated heterocycles. The number of nitrogens with zero attached hydrogens (tertiary/aromatic N) is 4. The van der Waals surface area contributed by atoms with Crippen molar-refractivity contribution in [3.8, 4) is 5.75 Å². The van der Waals surface area contributed by atoms with Gasteiger partial charge in [0.25, 0.3) is 11.5 Å². The first-order chi connectivity index (χ1) is 18.0. The summed E-state index contributed by atoms with van der Waals surface area (Å²) in [5.74, 6) is 0.815. The molecule has 4 rings (SSSR count). The largest absolute Gasteiger partial charge is 0.490 e.